The molecule has 0 spiro atoms. The average molecular weight is 513 g/mol. The summed E-state index contributed by atoms with van der Waals surface area (Å²) in [6, 6.07) is 5.87. The standard InChI is InChI=1S/C22H25ClN2O6S2/c1-13-5-10-16-17(12-13)32-21(19(16)20(27)25-22(28)31-2)24-18(26)4-3-11-33(29,30)15-8-6-14(23)7-9-15/h6-9,13H,3-5,10-12H2,1-2H3,(H,24,26)(H,25,27,28). The number of amides is 3. The van der Waals surface area contributed by atoms with Crippen molar-refractivity contribution < 1.29 is 27.5 Å². The summed E-state index contributed by atoms with van der Waals surface area (Å²) >= 11 is 7.12. The lowest BCUT2D eigenvalue weighted by molar-refractivity contribution is -0.116. The first-order valence-corrected chi connectivity index (χ1v) is 13.3. The summed E-state index contributed by atoms with van der Waals surface area (Å²) in [4.78, 5) is 38.0. The van der Waals surface area contributed by atoms with Crippen LogP contribution in [0, 0.1) is 5.92 Å². The Labute approximate surface area is 201 Å². The Balaban J connectivity index is 1.69. The molecular formula is C22H25ClN2O6S2. The lowest BCUT2D eigenvalue weighted by Crippen LogP contribution is -2.31. The van der Waals surface area contributed by atoms with Crippen LogP contribution in [0.25, 0.3) is 0 Å². The van der Waals surface area contributed by atoms with E-state index in [1.165, 1.54) is 35.6 Å². The van der Waals surface area contributed by atoms with Crippen LogP contribution in [0.1, 0.15) is 47.0 Å². The van der Waals surface area contributed by atoms with E-state index in [2.05, 4.69) is 22.3 Å². The van der Waals surface area contributed by atoms with Gasteiger partial charge in [-0.25, -0.2) is 13.2 Å². The first-order chi connectivity index (χ1) is 15.6. The van der Waals surface area contributed by atoms with E-state index in [4.69, 9.17) is 11.6 Å². The molecule has 1 aromatic carbocycles. The number of halogens is 1. The molecule has 2 aromatic rings. The van der Waals surface area contributed by atoms with E-state index in [-0.39, 0.29) is 29.1 Å². The molecule has 3 amide bonds. The monoisotopic (exact) mass is 512 g/mol. The second-order valence-corrected chi connectivity index (χ2v) is 11.6. The molecule has 1 heterocycles. The predicted octanol–water partition coefficient (Wildman–Crippen LogP) is 4.22. The third kappa shape index (κ3) is 6.33. The normalized spacial score (nSPS) is 15.4. The number of alkyl carbamates (subject to hydrolysis) is 1. The summed E-state index contributed by atoms with van der Waals surface area (Å²) in [6.07, 6.45) is 1.55. The number of fused-ring (bicyclic) bond motifs is 1. The first kappa shape index (κ1) is 25.2. The van der Waals surface area contributed by atoms with Crippen molar-refractivity contribution in [3.05, 3.63) is 45.3 Å². The Kier molecular flexibility index (Phi) is 8.14. The maximum absolute atomic E-state index is 12.7. The number of methoxy groups -OCH3 is 1. The number of sulfone groups is 1. The van der Waals surface area contributed by atoms with Crippen LogP contribution in [0.3, 0.4) is 0 Å². The molecule has 0 aliphatic heterocycles. The number of anilines is 1. The van der Waals surface area contributed by atoms with Gasteiger partial charge in [0.2, 0.25) is 5.91 Å². The third-order valence-corrected chi connectivity index (χ3v) is 8.62. The molecule has 0 bridgehead atoms. The van der Waals surface area contributed by atoms with Gasteiger partial charge in [0.05, 0.1) is 23.3 Å². The van der Waals surface area contributed by atoms with Crippen molar-refractivity contribution in [2.45, 2.75) is 43.9 Å². The van der Waals surface area contributed by atoms with Crippen molar-refractivity contribution in [2.24, 2.45) is 5.92 Å². The highest BCUT2D eigenvalue weighted by molar-refractivity contribution is 7.91. The molecule has 0 radical (unpaired) electrons. The largest absolute Gasteiger partial charge is 0.453 e. The number of rotatable bonds is 7. The number of hydrogen-bond acceptors (Lipinski definition) is 7. The number of benzene rings is 1. The number of imide groups is 1. The van der Waals surface area contributed by atoms with E-state index in [9.17, 15) is 22.8 Å². The van der Waals surface area contributed by atoms with Gasteiger partial charge in [-0.05, 0) is 61.4 Å². The Morgan fingerprint density at radius 1 is 1.21 bits per heavy atom. The van der Waals surface area contributed by atoms with Gasteiger partial charge >= 0.3 is 6.09 Å². The van der Waals surface area contributed by atoms with Gasteiger partial charge in [0.15, 0.2) is 9.84 Å². The van der Waals surface area contributed by atoms with E-state index in [1.807, 2.05) is 0 Å². The fourth-order valence-corrected chi connectivity index (χ4v) is 6.52. The fourth-order valence-electron chi connectivity index (χ4n) is 3.66. The van der Waals surface area contributed by atoms with Gasteiger partial charge < -0.3 is 10.1 Å². The Hall–Kier alpha value is -2.43. The van der Waals surface area contributed by atoms with Gasteiger partial charge in [-0.3, -0.25) is 14.9 Å². The molecule has 1 unspecified atom stereocenters. The van der Waals surface area contributed by atoms with Gasteiger partial charge in [0.25, 0.3) is 5.91 Å². The smallest absolute Gasteiger partial charge is 0.413 e. The Morgan fingerprint density at radius 2 is 1.91 bits per heavy atom. The topological polar surface area (TPSA) is 119 Å². The lowest BCUT2D eigenvalue weighted by Gasteiger charge is -2.18. The average Bonchev–Trinajstić information content (AvgIpc) is 3.10. The van der Waals surface area contributed by atoms with Crippen LogP contribution in [-0.4, -0.2) is 39.2 Å². The SMILES string of the molecule is COC(=O)NC(=O)c1c(NC(=O)CCCS(=O)(=O)c2ccc(Cl)cc2)sc2c1CCC(C)C2. The van der Waals surface area contributed by atoms with E-state index in [0.29, 0.717) is 22.4 Å². The van der Waals surface area contributed by atoms with Crippen molar-refractivity contribution in [1.29, 1.82) is 0 Å². The van der Waals surface area contributed by atoms with Crippen LogP contribution in [0.15, 0.2) is 29.2 Å². The molecule has 0 saturated heterocycles. The van der Waals surface area contributed by atoms with Gasteiger partial charge in [-0.15, -0.1) is 11.3 Å². The van der Waals surface area contributed by atoms with E-state index in [0.717, 1.165) is 30.4 Å². The Bertz CT molecular complexity index is 1160. The molecule has 0 fully saturated rings. The van der Waals surface area contributed by atoms with Gasteiger partial charge in [0.1, 0.15) is 5.00 Å². The number of carbonyl (C=O) groups excluding carboxylic acids is 3. The zero-order valence-corrected chi connectivity index (χ0v) is 20.7. The second-order valence-electron chi connectivity index (χ2n) is 7.93. The number of thiophene rings is 1. The van der Waals surface area contributed by atoms with Gasteiger partial charge in [-0.1, -0.05) is 18.5 Å². The van der Waals surface area contributed by atoms with Crippen molar-refractivity contribution in [3.63, 3.8) is 0 Å². The molecule has 33 heavy (non-hydrogen) atoms. The molecule has 1 atom stereocenters. The van der Waals surface area contributed by atoms with Crippen molar-refractivity contribution in [2.75, 3.05) is 18.2 Å². The molecule has 1 aromatic heterocycles. The molecular weight excluding hydrogens is 488 g/mol. The van der Waals surface area contributed by atoms with E-state index >= 15 is 0 Å². The molecule has 1 aliphatic rings. The highest BCUT2D eigenvalue weighted by Gasteiger charge is 2.29. The van der Waals surface area contributed by atoms with E-state index < -0.39 is 27.7 Å². The third-order valence-electron chi connectivity index (χ3n) is 5.38. The maximum Gasteiger partial charge on any atom is 0.413 e. The second kappa shape index (κ2) is 10.7. The van der Waals surface area contributed by atoms with Crippen molar-refractivity contribution >= 4 is 55.7 Å². The molecule has 11 heteroatoms. The molecule has 3 rings (SSSR count). The van der Waals surface area contributed by atoms with Crippen molar-refractivity contribution in [3.8, 4) is 0 Å². The summed E-state index contributed by atoms with van der Waals surface area (Å²) in [6.45, 7) is 2.12. The molecule has 0 saturated carbocycles. The van der Waals surface area contributed by atoms with Crippen LogP contribution >= 0.6 is 22.9 Å². The Morgan fingerprint density at radius 3 is 2.58 bits per heavy atom. The quantitative estimate of drug-likeness (QED) is 0.573. The maximum atomic E-state index is 12.7. The molecule has 2 N–H and O–H groups in total. The lowest BCUT2D eigenvalue weighted by atomic mass is 9.88. The minimum Gasteiger partial charge on any atom is -0.453 e. The summed E-state index contributed by atoms with van der Waals surface area (Å²) in [5.41, 5.74) is 1.11. The highest BCUT2D eigenvalue weighted by atomic mass is 35.5. The first-order valence-electron chi connectivity index (χ1n) is 10.4. The highest BCUT2D eigenvalue weighted by Crippen LogP contribution is 2.39. The summed E-state index contributed by atoms with van der Waals surface area (Å²) in [5, 5.41) is 5.70. The minimum absolute atomic E-state index is 0.0378. The summed E-state index contributed by atoms with van der Waals surface area (Å²) in [7, 11) is -2.38. The van der Waals surface area contributed by atoms with Gasteiger partial charge in [0, 0.05) is 16.3 Å². The van der Waals surface area contributed by atoms with Crippen LogP contribution in [0.5, 0.6) is 0 Å². The fraction of sp³-hybridized carbons (Fsp3) is 0.409. The van der Waals surface area contributed by atoms with Crippen LogP contribution in [0.2, 0.25) is 5.02 Å². The predicted molar refractivity (Wildman–Crippen MR) is 127 cm³/mol. The van der Waals surface area contributed by atoms with Gasteiger partial charge in [-0.2, -0.15) is 0 Å². The molecule has 1 aliphatic carbocycles. The summed E-state index contributed by atoms with van der Waals surface area (Å²) in [5.74, 6) is -0.778. The zero-order valence-electron chi connectivity index (χ0n) is 18.3. The number of carbonyl (C=O) groups is 3. The number of nitrogens with one attached hydrogen (secondary N) is 2. The van der Waals surface area contributed by atoms with Crippen LogP contribution in [-0.2, 0) is 32.2 Å². The number of hydrogen-bond donors (Lipinski definition) is 2. The minimum atomic E-state index is -3.54. The molecule has 178 valence electrons. The van der Waals surface area contributed by atoms with Crippen LogP contribution < -0.4 is 10.6 Å². The van der Waals surface area contributed by atoms with Crippen LogP contribution in [0.4, 0.5) is 9.80 Å². The zero-order chi connectivity index (χ0) is 24.2. The van der Waals surface area contributed by atoms with E-state index in [1.54, 1.807) is 0 Å². The number of ether oxygens (including phenoxy) is 1. The summed E-state index contributed by atoms with van der Waals surface area (Å²) < 4.78 is 29.4. The molecule has 8 nitrogen and oxygen atoms in total. The van der Waals surface area contributed by atoms with Crippen molar-refractivity contribution in [1.82, 2.24) is 5.32 Å².